The van der Waals surface area contributed by atoms with Crippen molar-refractivity contribution >= 4 is 46.7 Å². The molecule has 29 heavy (non-hydrogen) atoms. The molecule has 1 aromatic heterocycles. The first-order valence-corrected chi connectivity index (χ1v) is 9.42. The Morgan fingerprint density at radius 2 is 2.00 bits per heavy atom. The van der Waals surface area contributed by atoms with E-state index in [-0.39, 0.29) is 30.9 Å². The van der Waals surface area contributed by atoms with Gasteiger partial charge in [-0.1, -0.05) is 41.4 Å². The van der Waals surface area contributed by atoms with E-state index < -0.39 is 0 Å². The van der Waals surface area contributed by atoms with Gasteiger partial charge in [-0.25, -0.2) is 4.68 Å². The number of ether oxygens (including phenoxy) is 1. The first-order valence-electron chi connectivity index (χ1n) is 8.66. The van der Waals surface area contributed by atoms with Crippen LogP contribution in [0, 0.1) is 0 Å². The van der Waals surface area contributed by atoms with Crippen LogP contribution in [0.2, 0.25) is 10.0 Å². The van der Waals surface area contributed by atoms with Gasteiger partial charge in [0.2, 0.25) is 11.9 Å². The molecule has 8 nitrogen and oxygen atoms in total. The highest BCUT2D eigenvalue weighted by Gasteiger charge is 2.29. The Morgan fingerprint density at radius 3 is 2.79 bits per heavy atom. The molecule has 1 atom stereocenters. The van der Waals surface area contributed by atoms with E-state index in [9.17, 15) is 9.59 Å². The summed E-state index contributed by atoms with van der Waals surface area (Å²) < 4.78 is 7.36. The summed E-state index contributed by atoms with van der Waals surface area (Å²) in [6.45, 7) is -0.232. The fraction of sp³-hybridized carbons (Fsp3) is 0.158. The van der Waals surface area contributed by atoms with Crippen molar-refractivity contribution in [3.05, 3.63) is 64.4 Å². The van der Waals surface area contributed by atoms with Crippen LogP contribution >= 0.6 is 23.2 Å². The fourth-order valence-corrected chi connectivity index (χ4v) is 3.63. The maximum absolute atomic E-state index is 12.3. The molecular formula is C19H15Cl2N5O3. The molecule has 0 saturated carbocycles. The number of carbonyl (C=O) groups excluding carboxylic acids is 2. The van der Waals surface area contributed by atoms with Crippen molar-refractivity contribution in [3.63, 3.8) is 0 Å². The number of hydrogen-bond acceptors (Lipinski definition) is 5. The number of anilines is 2. The number of nitrogens with zero attached hydrogens (tertiary/aromatic N) is 3. The molecule has 0 spiro atoms. The summed E-state index contributed by atoms with van der Waals surface area (Å²) in [7, 11) is 0. The molecule has 2 amide bonds. The van der Waals surface area contributed by atoms with Crippen molar-refractivity contribution in [1.82, 2.24) is 14.8 Å². The number of para-hydroxylation sites is 1. The van der Waals surface area contributed by atoms with Crippen molar-refractivity contribution in [2.24, 2.45) is 0 Å². The van der Waals surface area contributed by atoms with E-state index in [1.807, 2.05) is 12.1 Å². The summed E-state index contributed by atoms with van der Waals surface area (Å²) in [5.74, 6) is 0.311. The van der Waals surface area contributed by atoms with Gasteiger partial charge in [0.15, 0.2) is 6.61 Å². The molecule has 2 N–H and O–H groups in total. The van der Waals surface area contributed by atoms with Crippen LogP contribution in [0.3, 0.4) is 0 Å². The number of halogens is 2. The zero-order chi connectivity index (χ0) is 20.4. The van der Waals surface area contributed by atoms with Gasteiger partial charge in [0.25, 0.3) is 5.91 Å². The van der Waals surface area contributed by atoms with E-state index >= 15 is 0 Å². The van der Waals surface area contributed by atoms with Crippen LogP contribution in [0.25, 0.3) is 0 Å². The Labute approximate surface area is 175 Å². The topological polar surface area (TPSA) is 98.1 Å². The van der Waals surface area contributed by atoms with Gasteiger partial charge in [-0.05, 0) is 24.3 Å². The largest absolute Gasteiger partial charge is 0.483 e. The Bertz CT molecular complexity index is 1060. The normalized spacial score (nSPS) is 15.4. The molecule has 2 aromatic carbocycles. The van der Waals surface area contributed by atoms with Gasteiger partial charge in [-0.3, -0.25) is 14.9 Å². The van der Waals surface area contributed by atoms with Crippen molar-refractivity contribution in [1.29, 1.82) is 0 Å². The first-order chi connectivity index (χ1) is 14.0. The number of amides is 2. The van der Waals surface area contributed by atoms with E-state index in [1.165, 1.54) is 6.33 Å². The van der Waals surface area contributed by atoms with Gasteiger partial charge in [0.1, 0.15) is 12.1 Å². The molecule has 2 heterocycles. The third kappa shape index (κ3) is 4.33. The minimum Gasteiger partial charge on any atom is -0.483 e. The van der Waals surface area contributed by atoms with Crippen LogP contribution < -0.4 is 15.4 Å². The molecule has 4 rings (SSSR count). The van der Waals surface area contributed by atoms with E-state index in [0.717, 1.165) is 5.56 Å². The number of aromatic nitrogens is 3. The molecule has 0 aliphatic carbocycles. The molecule has 3 aromatic rings. The Hall–Kier alpha value is -3.10. The lowest BCUT2D eigenvalue weighted by atomic mass is 10.0. The van der Waals surface area contributed by atoms with Crippen LogP contribution in [0.15, 0.2) is 48.8 Å². The van der Waals surface area contributed by atoms with Crippen molar-refractivity contribution in [3.8, 4) is 5.75 Å². The quantitative estimate of drug-likeness (QED) is 0.643. The highest BCUT2D eigenvalue weighted by molar-refractivity contribution is 6.35. The van der Waals surface area contributed by atoms with E-state index in [4.69, 9.17) is 27.9 Å². The van der Waals surface area contributed by atoms with Crippen molar-refractivity contribution in [2.75, 3.05) is 17.2 Å². The molecule has 10 heteroatoms. The van der Waals surface area contributed by atoms with E-state index in [1.54, 1.807) is 35.0 Å². The van der Waals surface area contributed by atoms with Crippen molar-refractivity contribution < 1.29 is 14.3 Å². The van der Waals surface area contributed by atoms with Crippen LogP contribution in [0.4, 0.5) is 11.6 Å². The van der Waals surface area contributed by atoms with Gasteiger partial charge in [0, 0.05) is 21.3 Å². The van der Waals surface area contributed by atoms with Crippen LogP contribution in [0.5, 0.6) is 5.75 Å². The number of hydrogen-bond donors (Lipinski definition) is 2. The summed E-state index contributed by atoms with van der Waals surface area (Å²) in [5.41, 5.74) is 1.20. The lowest BCUT2D eigenvalue weighted by Crippen LogP contribution is -2.29. The number of nitrogens with one attached hydrogen (secondary N) is 2. The molecule has 0 saturated heterocycles. The maximum Gasteiger partial charge on any atom is 0.262 e. The molecule has 1 aliphatic heterocycles. The fourth-order valence-electron chi connectivity index (χ4n) is 3.10. The summed E-state index contributed by atoms with van der Waals surface area (Å²) >= 11 is 11.9. The maximum atomic E-state index is 12.3. The first kappa shape index (κ1) is 19.2. The lowest BCUT2D eigenvalue weighted by molar-refractivity contribution is -0.118. The second kappa shape index (κ2) is 8.10. The highest BCUT2D eigenvalue weighted by atomic mass is 35.5. The SMILES string of the molecule is O=C(COc1ccccc1[C@H]1CC(=O)Nc2ncnn21)Nc1cc(Cl)cc(Cl)c1. The zero-order valence-electron chi connectivity index (χ0n) is 14.9. The van der Waals surface area contributed by atoms with Crippen LogP contribution in [-0.4, -0.2) is 33.2 Å². The second-order valence-corrected chi connectivity index (χ2v) is 7.20. The van der Waals surface area contributed by atoms with Gasteiger partial charge in [-0.2, -0.15) is 10.1 Å². The second-order valence-electron chi connectivity index (χ2n) is 6.33. The molecule has 1 aliphatic rings. The Morgan fingerprint density at radius 1 is 1.24 bits per heavy atom. The van der Waals surface area contributed by atoms with Crippen LogP contribution in [-0.2, 0) is 9.59 Å². The Balaban J connectivity index is 1.50. The lowest BCUT2D eigenvalue weighted by Gasteiger charge is -2.25. The predicted octanol–water partition coefficient (Wildman–Crippen LogP) is 3.53. The minimum atomic E-state index is -0.382. The third-order valence-corrected chi connectivity index (χ3v) is 4.72. The molecule has 0 radical (unpaired) electrons. The molecular weight excluding hydrogens is 417 g/mol. The minimum absolute atomic E-state index is 0.166. The number of fused-ring (bicyclic) bond motifs is 1. The summed E-state index contributed by atoms with van der Waals surface area (Å²) in [5, 5.41) is 10.4. The van der Waals surface area contributed by atoms with E-state index in [2.05, 4.69) is 20.7 Å². The standard InChI is InChI=1S/C19H15Cl2N5O3/c20-11-5-12(21)7-13(6-11)24-18(28)9-29-16-4-2-1-3-14(16)15-8-17(27)25-19-22-10-23-26(15)19/h1-7,10,15H,8-9H2,(H,24,28)(H,22,23,25,27)/t15-/m1/s1. The van der Waals surface area contributed by atoms with Gasteiger partial charge in [0.05, 0.1) is 12.5 Å². The van der Waals surface area contributed by atoms with E-state index in [0.29, 0.717) is 27.4 Å². The van der Waals surface area contributed by atoms with Crippen LogP contribution in [0.1, 0.15) is 18.0 Å². The highest BCUT2D eigenvalue weighted by Crippen LogP contribution is 2.34. The Kier molecular flexibility index (Phi) is 5.37. The summed E-state index contributed by atoms with van der Waals surface area (Å²) in [6.07, 6.45) is 1.56. The average Bonchev–Trinajstić information content (AvgIpc) is 3.13. The molecule has 0 fully saturated rings. The average molecular weight is 432 g/mol. The molecule has 0 unspecified atom stereocenters. The zero-order valence-corrected chi connectivity index (χ0v) is 16.4. The third-order valence-electron chi connectivity index (χ3n) is 4.28. The number of benzene rings is 2. The smallest absolute Gasteiger partial charge is 0.262 e. The monoisotopic (exact) mass is 431 g/mol. The van der Waals surface area contributed by atoms with Crippen molar-refractivity contribution in [2.45, 2.75) is 12.5 Å². The van der Waals surface area contributed by atoms with Gasteiger partial charge < -0.3 is 10.1 Å². The predicted molar refractivity (Wildman–Crippen MR) is 108 cm³/mol. The summed E-state index contributed by atoms with van der Waals surface area (Å²) in [6, 6.07) is 11.6. The number of carbonyl (C=O) groups is 2. The van der Waals surface area contributed by atoms with Gasteiger partial charge in [-0.15, -0.1) is 0 Å². The summed E-state index contributed by atoms with van der Waals surface area (Å²) in [4.78, 5) is 28.4. The molecule has 148 valence electrons. The molecule has 0 bridgehead atoms. The van der Waals surface area contributed by atoms with Gasteiger partial charge >= 0.3 is 0 Å². The number of rotatable bonds is 5.